The third-order valence-corrected chi connectivity index (χ3v) is 6.73. The number of hydrogen-bond acceptors (Lipinski definition) is 5. The minimum atomic E-state index is -3.61. The highest BCUT2D eigenvalue weighted by Crippen LogP contribution is 2.24. The molecule has 7 nitrogen and oxygen atoms in total. The third kappa shape index (κ3) is 3.97. The van der Waals surface area contributed by atoms with Gasteiger partial charge in [-0.2, -0.15) is 0 Å². The summed E-state index contributed by atoms with van der Waals surface area (Å²) in [6, 6.07) is 5.87. The minimum Gasteiger partial charge on any atom is -0.383 e. The molecule has 0 radical (unpaired) electrons. The van der Waals surface area contributed by atoms with Crippen LogP contribution in [0, 0.1) is 0 Å². The molecule has 0 bridgehead atoms. The van der Waals surface area contributed by atoms with Crippen LogP contribution in [0.15, 0.2) is 29.2 Å². The van der Waals surface area contributed by atoms with Crippen molar-refractivity contribution in [3.63, 3.8) is 0 Å². The highest BCUT2D eigenvalue weighted by Gasteiger charge is 2.26. The first kappa shape index (κ1) is 17.2. The van der Waals surface area contributed by atoms with Gasteiger partial charge in [0.25, 0.3) is 0 Å². The van der Waals surface area contributed by atoms with Crippen LogP contribution in [0.2, 0.25) is 0 Å². The lowest BCUT2D eigenvalue weighted by Crippen LogP contribution is -2.37. The molecule has 1 fully saturated rings. The molecule has 0 amide bonds. The molecule has 22 heavy (non-hydrogen) atoms. The number of benzene rings is 1. The van der Waals surface area contributed by atoms with Gasteiger partial charge in [0.05, 0.1) is 22.9 Å². The summed E-state index contributed by atoms with van der Waals surface area (Å²) in [5.74, 6) is 0.131. The van der Waals surface area contributed by atoms with Crippen LogP contribution in [-0.2, 0) is 24.8 Å². The van der Waals surface area contributed by atoms with Gasteiger partial charge < -0.3 is 4.74 Å². The standard InChI is InChI=1S/C13H20N2O5S2/c1-20-10-8-14-22(18,19)13-6-4-12(5-7-13)15-9-2-3-11-21(15,16)17/h4-7,14H,2-3,8-11H2,1H3. The number of sulfonamides is 2. The Morgan fingerprint density at radius 2 is 1.91 bits per heavy atom. The van der Waals surface area contributed by atoms with E-state index in [2.05, 4.69) is 4.72 Å². The van der Waals surface area contributed by atoms with Crippen molar-refractivity contribution in [2.24, 2.45) is 0 Å². The van der Waals surface area contributed by atoms with Crippen molar-refractivity contribution in [2.75, 3.05) is 36.9 Å². The molecule has 0 unspecified atom stereocenters. The summed E-state index contributed by atoms with van der Waals surface area (Å²) in [5, 5.41) is 0. The Balaban J connectivity index is 2.16. The second-order valence-electron chi connectivity index (χ2n) is 4.98. The van der Waals surface area contributed by atoms with E-state index in [0.29, 0.717) is 18.7 Å². The molecule has 0 aliphatic carbocycles. The summed E-state index contributed by atoms with van der Waals surface area (Å²) in [7, 11) is -5.41. The molecule has 1 aromatic carbocycles. The molecule has 1 aliphatic heterocycles. The van der Waals surface area contributed by atoms with Crippen molar-refractivity contribution in [3.8, 4) is 0 Å². The lowest BCUT2D eigenvalue weighted by atomic mass is 10.3. The zero-order valence-electron chi connectivity index (χ0n) is 12.4. The van der Waals surface area contributed by atoms with E-state index in [1.165, 1.54) is 35.7 Å². The van der Waals surface area contributed by atoms with E-state index in [1.54, 1.807) is 0 Å². The second-order valence-corrected chi connectivity index (χ2v) is 8.76. The molecule has 0 aromatic heterocycles. The van der Waals surface area contributed by atoms with Crippen LogP contribution in [0.25, 0.3) is 0 Å². The number of hydrogen-bond donors (Lipinski definition) is 1. The van der Waals surface area contributed by atoms with Crippen LogP contribution in [0.4, 0.5) is 5.69 Å². The maximum absolute atomic E-state index is 12.0. The lowest BCUT2D eigenvalue weighted by Gasteiger charge is -2.28. The smallest absolute Gasteiger partial charge is 0.240 e. The van der Waals surface area contributed by atoms with Crippen LogP contribution in [0.1, 0.15) is 12.8 Å². The van der Waals surface area contributed by atoms with Gasteiger partial charge in [-0.15, -0.1) is 0 Å². The fourth-order valence-electron chi connectivity index (χ4n) is 2.23. The Bertz CT molecular complexity index is 698. The summed E-state index contributed by atoms with van der Waals surface area (Å²) in [6.07, 6.45) is 1.46. The van der Waals surface area contributed by atoms with E-state index < -0.39 is 20.0 Å². The molecule has 1 N–H and O–H groups in total. The van der Waals surface area contributed by atoms with Crippen LogP contribution in [0.5, 0.6) is 0 Å². The van der Waals surface area contributed by atoms with E-state index in [0.717, 1.165) is 6.42 Å². The molecule has 9 heteroatoms. The number of rotatable bonds is 6. The number of nitrogens with one attached hydrogen (secondary N) is 1. The summed E-state index contributed by atoms with van der Waals surface area (Å²) in [6.45, 7) is 0.894. The number of ether oxygens (including phenoxy) is 1. The second kappa shape index (κ2) is 6.95. The largest absolute Gasteiger partial charge is 0.383 e. The minimum absolute atomic E-state index is 0.0989. The zero-order valence-corrected chi connectivity index (χ0v) is 14.0. The van der Waals surface area contributed by atoms with Gasteiger partial charge >= 0.3 is 0 Å². The van der Waals surface area contributed by atoms with Crippen molar-refractivity contribution < 1.29 is 21.6 Å². The normalized spacial score (nSPS) is 18.3. The fraction of sp³-hybridized carbons (Fsp3) is 0.538. The first-order chi connectivity index (χ1) is 10.4. The van der Waals surface area contributed by atoms with Crippen LogP contribution < -0.4 is 9.03 Å². The van der Waals surface area contributed by atoms with E-state index in [1.807, 2.05) is 0 Å². The summed E-state index contributed by atoms with van der Waals surface area (Å²) >= 11 is 0. The molecule has 1 heterocycles. The van der Waals surface area contributed by atoms with Crippen molar-refractivity contribution in [2.45, 2.75) is 17.7 Å². The topological polar surface area (TPSA) is 92.8 Å². The molecule has 0 atom stereocenters. The molecule has 1 saturated heterocycles. The lowest BCUT2D eigenvalue weighted by molar-refractivity contribution is 0.204. The number of anilines is 1. The molecular weight excluding hydrogens is 328 g/mol. The Morgan fingerprint density at radius 3 is 2.50 bits per heavy atom. The van der Waals surface area contributed by atoms with Gasteiger partial charge in [-0.05, 0) is 37.1 Å². The van der Waals surface area contributed by atoms with E-state index in [-0.39, 0.29) is 23.8 Å². The zero-order chi connectivity index (χ0) is 16.2. The van der Waals surface area contributed by atoms with Crippen LogP contribution >= 0.6 is 0 Å². The Hall–Kier alpha value is -1.16. The quantitative estimate of drug-likeness (QED) is 0.758. The summed E-state index contributed by atoms with van der Waals surface area (Å²) in [5.41, 5.74) is 0.496. The van der Waals surface area contributed by atoms with Crippen molar-refractivity contribution in [3.05, 3.63) is 24.3 Å². The first-order valence-corrected chi connectivity index (χ1v) is 10.1. The van der Waals surface area contributed by atoms with Crippen LogP contribution in [-0.4, -0.2) is 49.4 Å². The number of methoxy groups -OCH3 is 1. The number of nitrogens with zero attached hydrogens (tertiary/aromatic N) is 1. The highest BCUT2D eigenvalue weighted by molar-refractivity contribution is 7.92. The highest BCUT2D eigenvalue weighted by atomic mass is 32.2. The van der Waals surface area contributed by atoms with Gasteiger partial charge in [0.2, 0.25) is 20.0 Å². The molecule has 0 spiro atoms. The van der Waals surface area contributed by atoms with Gasteiger partial charge in [0.15, 0.2) is 0 Å². The van der Waals surface area contributed by atoms with Gasteiger partial charge in [0, 0.05) is 20.2 Å². The van der Waals surface area contributed by atoms with Gasteiger partial charge in [-0.1, -0.05) is 0 Å². The average molecular weight is 348 g/mol. The van der Waals surface area contributed by atoms with E-state index >= 15 is 0 Å². The average Bonchev–Trinajstić information content (AvgIpc) is 2.47. The molecule has 2 rings (SSSR count). The Labute approximate surface area is 131 Å². The molecule has 1 aliphatic rings. The van der Waals surface area contributed by atoms with Crippen molar-refractivity contribution in [1.29, 1.82) is 0 Å². The van der Waals surface area contributed by atoms with Crippen LogP contribution in [0.3, 0.4) is 0 Å². The molecule has 124 valence electrons. The van der Waals surface area contributed by atoms with Crippen molar-refractivity contribution >= 4 is 25.7 Å². The molecule has 0 saturated carbocycles. The Kier molecular flexibility index (Phi) is 5.43. The first-order valence-electron chi connectivity index (χ1n) is 6.96. The monoisotopic (exact) mass is 348 g/mol. The summed E-state index contributed by atoms with van der Waals surface area (Å²) < 4.78 is 56.6. The van der Waals surface area contributed by atoms with Crippen molar-refractivity contribution in [1.82, 2.24) is 4.72 Å². The maximum atomic E-state index is 12.0. The van der Waals surface area contributed by atoms with Gasteiger partial charge in [0.1, 0.15) is 0 Å². The van der Waals surface area contributed by atoms with E-state index in [4.69, 9.17) is 4.74 Å². The predicted molar refractivity (Wildman–Crippen MR) is 83.9 cm³/mol. The predicted octanol–water partition coefficient (Wildman–Crippen LogP) is 0.541. The molecule has 1 aromatic rings. The fourth-order valence-corrected chi connectivity index (χ4v) is 4.88. The van der Waals surface area contributed by atoms with E-state index in [9.17, 15) is 16.8 Å². The molecular formula is C13H20N2O5S2. The SMILES string of the molecule is COCCNS(=O)(=O)c1ccc(N2CCCCS2(=O)=O)cc1. The van der Waals surface area contributed by atoms with Gasteiger partial charge in [-0.3, -0.25) is 4.31 Å². The van der Waals surface area contributed by atoms with Gasteiger partial charge in [-0.25, -0.2) is 21.6 Å². The third-order valence-electron chi connectivity index (χ3n) is 3.38. The Morgan fingerprint density at radius 1 is 1.23 bits per heavy atom. The summed E-state index contributed by atoms with van der Waals surface area (Å²) in [4.78, 5) is 0.0989. The maximum Gasteiger partial charge on any atom is 0.240 e.